The van der Waals surface area contributed by atoms with E-state index in [0.29, 0.717) is 54.9 Å². The molecule has 0 aliphatic heterocycles. The van der Waals surface area contributed by atoms with Crippen molar-refractivity contribution in [2.45, 2.75) is 40.2 Å². The first-order chi connectivity index (χ1) is 16.0. The number of hydrogen-bond donors (Lipinski definition) is 2. The summed E-state index contributed by atoms with van der Waals surface area (Å²) in [6.45, 7) is 7.76. The summed E-state index contributed by atoms with van der Waals surface area (Å²) in [5, 5.41) is 5.58. The zero-order valence-electron chi connectivity index (χ0n) is 19.9. The largest absolute Gasteiger partial charge is 0.493 e. The van der Waals surface area contributed by atoms with Crippen molar-refractivity contribution in [3.05, 3.63) is 47.5 Å². The number of ether oxygens (including phenoxy) is 4. The van der Waals surface area contributed by atoms with Gasteiger partial charge in [-0.15, -0.1) is 0 Å². The van der Waals surface area contributed by atoms with Crippen LogP contribution in [0.5, 0.6) is 23.0 Å². The fraction of sp³-hybridized carbons (Fsp3) is 0.440. The van der Waals surface area contributed by atoms with Crippen LogP contribution in [0.25, 0.3) is 0 Å². The Morgan fingerprint density at radius 3 is 2.12 bits per heavy atom. The zero-order chi connectivity index (χ0) is 24.1. The summed E-state index contributed by atoms with van der Waals surface area (Å²) in [4.78, 5) is 24.3. The molecule has 8 nitrogen and oxygen atoms in total. The molecule has 2 amide bonds. The Morgan fingerprint density at radius 1 is 0.788 bits per heavy atom. The van der Waals surface area contributed by atoms with E-state index >= 15 is 0 Å². The fourth-order valence-corrected chi connectivity index (χ4v) is 2.92. The molecule has 0 aromatic heterocycles. The lowest BCUT2D eigenvalue weighted by Crippen LogP contribution is -2.28. The molecule has 0 saturated heterocycles. The molecule has 0 aliphatic carbocycles. The van der Waals surface area contributed by atoms with Crippen molar-refractivity contribution in [2.24, 2.45) is 0 Å². The Kier molecular flexibility index (Phi) is 10.9. The predicted octanol–water partition coefficient (Wildman–Crippen LogP) is 3.72. The minimum absolute atomic E-state index is 0.0965. The first-order valence-electron chi connectivity index (χ1n) is 11.3. The van der Waals surface area contributed by atoms with Crippen LogP contribution in [-0.2, 0) is 11.3 Å². The molecule has 0 aliphatic rings. The van der Waals surface area contributed by atoms with Gasteiger partial charge in [-0.2, -0.15) is 0 Å². The van der Waals surface area contributed by atoms with Crippen LogP contribution in [-0.4, -0.2) is 45.3 Å². The molecule has 8 heteroatoms. The van der Waals surface area contributed by atoms with E-state index in [1.54, 1.807) is 30.3 Å². The number of likely N-dealkylation sites (N-methyl/N-ethyl adjacent to an activating group) is 1. The Hall–Kier alpha value is -3.42. The summed E-state index contributed by atoms with van der Waals surface area (Å²) in [5.74, 6) is 1.71. The first kappa shape index (κ1) is 25.8. The van der Waals surface area contributed by atoms with Crippen LogP contribution in [0.15, 0.2) is 36.4 Å². The molecular formula is C25H34N2O6. The van der Waals surface area contributed by atoms with Gasteiger partial charge in [-0.3, -0.25) is 9.59 Å². The van der Waals surface area contributed by atoms with Crippen molar-refractivity contribution >= 4 is 11.8 Å². The molecule has 0 saturated carbocycles. The summed E-state index contributed by atoms with van der Waals surface area (Å²) in [5.41, 5.74) is 1.31. The fourth-order valence-electron chi connectivity index (χ4n) is 2.92. The molecule has 0 atom stereocenters. The standard InChI is InChI=1S/C25H34N2O6/c1-5-12-31-21-11-9-19(15-23(21)32-13-6-2)25(29)27-16-18-8-10-20(22(14-18)30-4)33-17-24(28)26-7-3/h8-11,14-15H,5-7,12-13,16-17H2,1-4H3,(H,26,28)(H,27,29). The van der Waals surface area contributed by atoms with Crippen LogP contribution in [0.3, 0.4) is 0 Å². The maximum atomic E-state index is 12.7. The number of benzene rings is 2. The summed E-state index contributed by atoms with van der Waals surface area (Å²) < 4.78 is 22.4. The summed E-state index contributed by atoms with van der Waals surface area (Å²) in [6, 6.07) is 10.5. The van der Waals surface area contributed by atoms with Gasteiger partial charge in [0.15, 0.2) is 29.6 Å². The SMILES string of the molecule is CCCOc1ccc(C(=O)NCc2ccc(OCC(=O)NCC)c(OC)c2)cc1OCCC. The van der Waals surface area contributed by atoms with E-state index in [1.165, 1.54) is 7.11 Å². The molecule has 33 heavy (non-hydrogen) atoms. The van der Waals surface area contributed by atoms with Crippen LogP contribution in [0, 0.1) is 0 Å². The van der Waals surface area contributed by atoms with Crippen LogP contribution in [0.2, 0.25) is 0 Å². The predicted molar refractivity (Wildman–Crippen MR) is 126 cm³/mol. The monoisotopic (exact) mass is 458 g/mol. The van der Waals surface area contributed by atoms with E-state index < -0.39 is 0 Å². The van der Waals surface area contributed by atoms with Crippen molar-refractivity contribution < 1.29 is 28.5 Å². The van der Waals surface area contributed by atoms with Crippen molar-refractivity contribution in [2.75, 3.05) is 33.5 Å². The lowest BCUT2D eigenvalue weighted by molar-refractivity contribution is -0.123. The minimum Gasteiger partial charge on any atom is -0.493 e. The molecule has 0 fully saturated rings. The second-order valence-electron chi connectivity index (χ2n) is 7.27. The third-order valence-electron chi connectivity index (χ3n) is 4.54. The van der Waals surface area contributed by atoms with Gasteiger partial charge in [0.25, 0.3) is 11.8 Å². The molecule has 0 spiro atoms. The average molecular weight is 459 g/mol. The smallest absolute Gasteiger partial charge is 0.257 e. The topological polar surface area (TPSA) is 95.1 Å². The molecule has 2 rings (SSSR count). The van der Waals surface area contributed by atoms with Gasteiger partial charge in [0.2, 0.25) is 0 Å². The average Bonchev–Trinajstić information content (AvgIpc) is 2.83. The number of carbonyl (C=O) groups is 2. The third-order valence-corrected chi connectivity index (χ3v) is 4.54. The van der Waals surface area contributed by atoms with Crippen molar-refractivity contribution in [1.82, 2.24) is 10.6 Å². The van der Waals surface area contributed by atoms with Crippen molar-refractivity contribution in [1.29, 1.82) is 0 Å². The van der Waals surface area contributed by atoms with Gasteiger partial charge < -0.3 is 29.6 Å². The van der Waals surface area contributed by atoms with E-state index in [9.17, 15) is 9.59 Å². The minimum atomic E-state index is -0.228. The number of hydrogen-bond acceptors (Lipinski definition) is 6. The number of methoxy groups -OCH3 is 1. The highest BCUT2D eigenvalue weighted by Gasteiger charge is 2.13. The quantitative estimate of drug-likeness (QED) is 0.448. The molecular weight excluding hydrogens is 424 g/mol. The van der Waals surface area contributed by atoms with E-state index in [1.807, 2.05) is 26.8 Å². The molecule has 0 unspecified atom stereocenters. The van der Waals surface area contributed by atoms with Gasteiger partial charge in [-0.05, 0) is 55.7 Å². The van der Waals surface area contributed by atoms with Gasteiger partial charge in [-0.25, -0.2) is 0 Å². The number of carbonyl (C=O) groups excluding carboxylic acids is 2. The number of rotatable bonds is 14. The summed E-state index contributed by atoms with van der Waals surface area (Å²) >= 11 is 0. The second-order valence-corrected chi connectivity index (χ2v) is 7.27. The Bertz CT molecular complexity index is 916. The third kappa shape index (κ3) is 8.21. The normalized spacial score (nSPS) is 10.3. The number of nitrogens with one attached hydrogen (secondary N) is 2. The highest BCUT2D eigenvalue weighted by molar-refractivity contribution is 5.94. The lowest BCUT2D eigenvalue weighted by Gasteiger charge is -2.14. The van der Waals surface area contributed by atoms with E-state index in [2.05, 4.69) is 10.6 Å². The van der Waals surface area contributed by atoms with Gasteiger partial charge in [0.05, 0.1) is 20.3 Å². The van der Waals surface area contributed by atoms with E-state index in [-0.39, 0.29) is 18.4 Å². The van der Waals surface area contributed by atoms with Crippen molar-refractivity contribution in [3.8, 4) is 23.0 Å². The molecule has 180 valence electrons. The highest BCUT2D eigenvalue weighted by atomic mass is 16.5. The first-order valence-corrected chi connectivity index (χ1v) is 11.3. The lowest BCUT2D eigenvalue weighted by atomic mass is 10.1. The molecule has 0 heterocycles. The van der Waals surface area contributed by atoms with Crippen molar-refractivity contribution in [3.63, 3.8) is 0 Å². The molecule has 2 aromatic rings. The Balaban J connectivity index is 2.03. The van der Waals surface area contributed by atoms with Crippen LogP contribution < -0.4 is 29.6 Å². The maximum Gasteiger partial charge on any atom is 0.257 e. The summed E-state index contributed by atoms with van der Waals surface area (Å²) in [7, 11) is 1.52. The zero-order valence-corrected chi connectivity index (χ0v) is 19.9. The van der Waals surface area contributed by atoms with Crippen LogP contribution >= 0.6 is 0 Å². The van der Waals surface area contributed by atoms with E-state index in [0.717, 1.165) is 18.4 Å². The van der Waals surface area contributed by atoms with E-state index in [4.69, 9.17) is 18.9 Å². The summed E-state index contributed by atoms with van der Waals surface area (Å²) in [6.07, 6.45) is 1.74. The van der Waals surface area contributed by atoms with Crippen LogP contribution in [0.4, 0.5) is 0 Å². The molecule has 2 N–H and O–H groups in total. The maximum absolute atomic E-state index is 12.7. The van der Waals surface area contributed by atoms with Gasteiger partial charge in [0, 0.05) is 18.7 Å². The van der Waals surface area contributed by atoms with Gasteiger partial charge in [-0.1, -0.05) is 19.9 Å². The Morgan fingerprint density at radius 2 is 1.45 bits per heavy atom. The second kappa shape index (κ2) is 13.9. The van der Waals surface area contributed by atoms with Gasteiger partial charge in [0.1, 0.15) is 0 Å². The molecule has 0 bridgehead atoms. The van der Waals surface area contributed by atoms with Gasteiger partial charge >= 0.3 is 0 Å². The highest BCUT2D eigenvalue weighted by Crippen LogP contribution is 2.30. The molecule has 0 radical (unpaired) electrons. The molecule has 2 aromatic carbocycles. The Labute approximate surface area is 195 Å². The number of amides is 2. The van der Waals surface area contributed by atoms with Crippen LogP contribution in [0.1, 0.15) is 49.5 Å².